The second kappa shape index (κ2) is 9.47. The number of aryl methyl sites for hydroxylation is 1. The van der Waals surface area contributed by atoms with E-state index in [1.54, 1.807) is 12.1 Å². The van der Waals surface area contributed by atoms with E-state index in [4.69, 9.17) is 9.15 Å². The first-order valence-electron chi connectivity index (χ1n) is 10.7. The van der Waals surface area contributed by atoms with Crippen molar-refractivity contribution in [2.45, 2.75) is 33.1 Å². The van der Waals surface area contributed by atoms with E-state index in [-0.39, 0.29) is 5.91 Å². The molecule has 1 amide bonds. The van der Waals surface area contributed by atoms with Crippen molar-refractivity contribution in [1.82, 2.24) is 4.98 Å². The molecule has 5 nitrogen and oxygen atoms in total. The third-order valence-electron chi connectivity index (χ3n) is 5.11. The molecular formula is C26H26N2O3. The van der Waals surface area contributed by atoms with Gasteiger partial charge in [-0.15, -0.1) is 0 Å². The number of amides is 1. The number of anilines is 1. The van der Waals surface area contributed by atoms with E-state index in [1.165, 1.54) is 5.56 Å². The molecule has 0 atom stereocenters. The van der Waals surface area contributed by atoms with Crippen molar-refractivity contribution in [1.29, 1.82) is 0 Å². The van der Waals surface area contributed by atoms with E-state index < -0.39 is 0 Å². The normalized spacial score (nSPS) is 10.9. The Kier molecular flexibility index (Phi) is 6.32. The summed E-state index contributed by atoms with van der Waals surface area (Å²) in [6.07, 6.45) is 3.02. The minimum Gasteiger partial charge on any atom is -0.494 e. The van der Waals surface area contributed by atoms with Crippen LogP contribution in [0.3, 0.4) is 0 Å². The van der Waals surface area contributed by atoms with Gasteiger partial charge in [-0.3, -0.25) is 4.79 Å². The lowest BCUT2D eigenvalue weighted by molar-refractivity contribution is 0.102. The molecular weight excluding hydrogens is 388 g/mol. The number of carbonyl (C=O) groups excluding carboxylic acids is 1. The van der Waals surface area contributed by atoms with Crippen LogP contribution in [-0.2, 0) is 6.42 Å². The molecule has 0 saturated heterocycles. The molecule has 3 aromatic carbocycles. The van der Waals surface area contributed by atoms with E-state index in [9.17, 15) is 4.79 Å². The molecule has 1 N–H and O–H groups in total. The molecule has 0 aliphatic carbocycles. The number of rotatable bonds is 8. The van der Waals surface area contributed by atoms with Gasteiger partial charge in [0.2, 0.25) is 5.89 Å². The number of unbranched alkanes of at least 4 members (excludes halogenated alkanes) is 1. The van der Waals surface area contributed by atoms with Crippen molar-refractivity contribution >= 4 is 22.7 Å². The third-order valence-corrected chi connectivity index (χ3v) is 5.11. The van der Waals surface area contributed by atoms with Crippen LogP contribution in [0, 0.1) is 0 Å². The fraction of sp³-hybridized carbons (Fsp3) is 0.231. The van der Waals surface area contributed by atoms with Crippen molar-refractivity contribution in [3.63, 3.8) is 0 Å². The van der Waals surface area contributed by atoms with Crippen molar-refractivity contribution in [2.75, 3.05) is 11.9 Å². The summed E-state index contributed by atoms with van der Waals surface area (Å²) in [5.74, 6) is 1.10. The van der Waals surface area contributed by atoms with Crippen LogP contribution < -0.4 is 10.1 Å². The third kappa shape index (κ3) is 4.94. The standard InChI is InChI=1S/C26H26N2O3/c1-3-5-15-30-22-8-6-7-20(17-22)25(29)27-21-12-10-19(11-13-21)26-28-23-16-18(4-2)9-14-24(23)31-26/h6-14,16-17H,3-5,15H2,1-2H3,(H,27,29). The predicted molar refractivity (Wildman–Crippen MR) is 124 cm³/mol. The van der Waals surface area contributed by atoms with Crippen molar-refractivity contribution in [3.05, 3.63) is 77.9 Å². The Morgan fingerprint density at radius 2 is 1.87 bits per heavy atom. The Morgan fingerprint density at radius 1 is 1.03 bits per heavy atom. The average Bonchev–Trinajstić information content (AvgIpc) is 3.23. The Bertz CT molecular complexity index is 1180. The van der Waals surface area contributed by atoms with Gasteiger partial charge in [0.05, 0.1) is 6.61 Å². The van der Waals surface area contributed by atoms with Crippen LogP contribution in [0.2, 0.25) is 0 Å². The maximum Gasteiger partial charge on any atom is 0.255 e. The molecule has 0 spiro atoms. The zero-order chi connectivity index (χ0) is 21.6. The van der Waals surface area contributed by atoms with Crippen LogP contribution in [0.5, 0.6) is 5.75 Å². The molecule has 0 unspecified atom stereocenters. The van der Waals surface area contributed by atoms with Gasteiger partial charge >= 0.3 is 0 Å². The van der Waals surface area contributed by atoms with E-state index in [0.717, 1.165) is 35.9 Å². The molecule has 0 radical (unpaired) electrons. The molecule has 0 bridgehead atoms. The van der Waals surface area contributed by atoms with Crippen molar-refractivity contribution in [3.8, 4) is 17.2 Å². The lowest BCUT2D eigenvalue weighted by Crippen LogP contribution is -2.12. The summed E-state index contributed by atoms with van der Waals surface area (Å²) in [5.41, 5.74) is 4.97. The van der Waals surface area contributed by atoms with Crippen LogP contribution in [0.1, 0.15) is 42.6 Å². The largest absolute Gasteiger partial charge is 0.494 e. The molecule has 1 heterocycles. The van der Waals surface area contributed by atoms with Gasteiger partial charge in [-0.25, -0.2) is 4.98 Å². The summed E-state index contributed by atoms with van der Waals surface area (Å²) in [7, 11) is 0. The monoisotopic (exact) mass is 414 g/mol. The fourth-order valence-electron chi connectivity index (χ4n) is 3.28. The van der Waals surface area contributed by atoms with Crippen molar-refractivity contribution < 1.29 is 13.9 Å². The SMILES string of the molecule is CCCCOc1cccc(C(=O)Nc2ccc(-c3nc4cc(CC)ccc4o3)cc2)c1. The number of benzene rings is 3. The summed E-state index contributed by atoms with van der Waals surface area (Å²) < 4.78 is 11.6. The van der Waals surface area contributed by atoms with Gasteiger partial charge < -0.3 is 14.5 Å². The van der Waals surface area contributed by atoms with Crippen LogP contribution in [0.25, 0.3) is 22.6 Å². The Morgan fingerprint density at radius 3 is 2.65 bits per heavy atom. The van der Waals surface area contributed by atoms with E-state index in [0.29, 0.717) is 29.5 Å². The summed E-state index contributed by atoms with van der Waals surface area (Å²) in [6.45, 7) is 4.88. The van der Waals surface area contributed by atoms with Gasteiger partial charge in [-0.2, -0.15) is 0 Å². The number of ether oxygens (including phenoxy) is 1. The molecule has 4 rings (SSSR count). The molecule has 0 aliphatic rings. The first-order chi connectivity index (χ1) is 15.2. The Balaban J connectivity index is 1.45. The maximum absolute atomic E-state index is 12.6. The predicted octanol–water partition coefficient (Wildman–Crippen LogP) is 6.49. The lowest BCUT2D eigenvalue weighted by Gasteiger charge is -2.09. The lowest BCUT2D eigenvalue weighted by atomic mass is 10.1. The highest BCUT2D eigenvalue weighted by Gasteiger charge is 2.11. The summed E-state index contributed by atoms with van der Waals surface area (Å²) in [5, 5.41) is 2.93. The molecule has 0 fully saturated rings. The Labute approximate surface area is 182 Å². The van der Waals surface area contributed by atoms with Gasteiger partial charge in [0.15, 0.2) is 5.58 Å². The molecule has 0 saturated carbocycles. The van der Waals surface area contributed by atoms with Crippen LogP contribution >= 0.6 is 0 Å². The topological polar surface area (TPSA) is 64.4 Å². The molecule has 31 heavy (non-hydrogen) atoms. The molecule has 158 valence electrons. The van der Waals surface area contributed by atoms with Gasteiger partial charge in [0, 0.05) is 16.8 Å². The first kappa shape index (κ1) is 20.7. The molecule has 0 aliphatic heterocycles. The number of hydrogen-bond acceptors (Lipinski definition) is 4. The van der Waals surface area contributed by atoms with Gasteiger partial charge in [-0.1, -0.05) is 32.4 Å². The minimum absolute atomic E-state index is 0.178. The number of fused-ring (bicyclic) bond motifs is 1. The zero-order valence-corrected chi connectivity index (χ0v) is 17.9. The fourth-order valence-corrected chi connectivity index (χ4v) is 3.28. The van der Waals surface area contributed by atoms with Gasteiger partial charge in [-0.05, 0) is 73.0 Å². The molecule has 5 heteroatoms. The number of aromatic nitrogens is 1. The van der Waals surface area contributed by atoms with Crippen molar-refractivity contribution in [2.24, 2.45) is 0 Å². The number of hydrogen-bond donors (Lipinski definition) is 1. The highest BCUT2D eigenvalue weighted by molar-refractivity contribution is 6.04. The van der Waals surface area contributed by atoms with Crippen LogP contribution in [0.15, 0.2) is 71.1 Å². The number of nitrogens with zero attached hydrogens (tertiary/aromatic N) is 1. The quantitative estimate of drug-likeness (QED) is 0.335. The number of oxazole rings is 1. The summed E-state index contributed by atoms with van der Waals surface area (Å²) in [6, 6.07) is 20.8. The zero-order valence-electron chi connectivity index (χ0n) is 17.9. The summed E-state index contributed by atoms with van der Waals surface area (Å²) >= 11 is 0. The first-order valence-corrected chi connectivity index (χ1v) is 10.7. The molecule has 1 aromatic heterocycles. The average molecular weight is 415 g/mol. The highest BCUT2D eigenvalue weighted by Crippen LogP contribution is 2.26. The molecule has 4 aromatic rings. The second-order valence-corrected chi connectivity index (χ2v) is 7.44. The number of carbonyl (C=O) groups is 1. The smallest absolute Gasteiger partial charge is 0.255 e. The van der Waals surface area contributed by atoms with Gasteiger partial charge in [0.25, 0.3) is 5.91 Å². The second-order valence-electron chi connectivity index (χ2n) is 7.44. The summed E-state index contributed by atoms with van der Waals surface area (Å²) in [4.78, 5) is 17.2. The van der Waals surface area contributed by atoms with E-state index in [2.05, 4.69) is 36.3 Å². The maximum atomic E-state index is 12.6. The Hall–Kier alpha value is -3.60. The van der Waals surface area contributed by atoms with Crippen LogP contribution in [-0.4, -0.2) is 17.5 Å². The minimum atomic E-state index is -0.178. The van der Waals surface area contributed by atoms with E-state index >= 15 is 0 Å². The number of nitrogens with one attached hydrogen (secondary N) is 1. The van der Waals surface area contributed by atoms with E-state index in [1.807, 2.05) is 42.5 Å². The van der Waals surface area contributed by atoms with Gasteiger partial charge in [0.1, 0.15) is 11.3 Å². The highest BCUT2D eigenvalue weighted by atomic mass is 16.5. The van der Waals surface area contributed by atoms with Crippen LogP contribution in [0.4, 0.5) is 5.69 Å².